The average molecular weight is 338 g/mol. The van der Waals surface area contributed by atoms with Gasteiger partial charge < -0.3 is 11.1 Å². The van der Waals surface area contributed by atoms with Gasteiger partial charge in [-0.3, -0.25) is 14.5 Å². The van der Waals surface area contributed by atoms with Crippen LogP contribution in [0.4, 0.5) is 5.82 Å². The number of hydrogen-bond acceptors (Lipinski definition) is 5. The van der Waals surface area contributed by atoms with E-state index in [9.17, 15) is 4.79 Å². The van der Waals surface area contributed by atoms with Gasteiger partial charge in [0.05, 0.1) is 16.7 Å². The number of nitrogens with two attached hydrogens (primary N) is 1. The number of aromatic nitrogens is 4. The highest BCUT2D eigenvalue weighted by atomic mass is 16.1. The van der Waals surface area contributed by atoms with E-state index in [0.29, 0.717) is 18.8 Å². The van der Waals surface area contributed by atoms with Gasteiger partial charge in [-0.15, -0.1) is 0 Å². The molecule has 2 heterocycles. The standard InChI is InChI=1S/C18H22N6O/c1-11(8-13-10-20-15-6-4-5-7-16(15)21-13)18(25)22-17-14(9-19)12(2)24(3)23-17/h4-7,10-11H,8-9,19H2,1-3H3,(H,22,23,25). The van der Waals surface area contributed by atoms with Gasteiger partial charge in [0.2, 0.25) is 5.91 Å². The largest absolute Gasteiger partial charge is 0.326 e. The lowest BCUT2D eigenvalue weighted by Crippen LogP contribution is -2.23. The van der Waals surface area contributed by atoms with E-state index in [0.717, 1.165) is 28.0 Å². The molecule has 130 valence electrons. The summed E-state index contributed by atoms with van der Waals surface area (Å²) in [6.45, 7) is 4.13. The summed E-state index contributed by atoms with van der Waals surface area (Å²) in [4.78, 5) is 21.5. The molecule has 25 heavy (non-hydrogen) atoms. The fraction of sp³-hybridized carbons (Fsp3) is 0.333. The van der Waals surface area contributed by atoms with Crippen LogP contribution < -0.4 is 11.1 Å². The second kappa shape index (κ2) is 6.98. The second-order valence-electron chi connectivity index (χ2n) is 6.18. The number of aryl methyl sites for hydroxylation is 1. The van der Waals surface area contributed by atoms with E-state index >= 15 is 0 Å². The van der Waals surface area contributed by atoms with Gasteiger partial charge in [-0.1, -0.05) is 19.1 Å². The van der Waals surface area contributed by atoms with Crippen molar-refractivity contribution in [3.63, 3.8) is 0 Å². The summed E-state index contributed by atoms with van der Waals surface area (Å²) in [6.07, 6.45) is 2.23. The molecule has 0 radical (unpaired) electrons. The van der Waals surface area contributed by atoms with Crippen molar-refractivity contribution >= 4 is 22.8 Å². The Balaban J connectivity index is 1.72. The Bertz CT molecular complexity index is 917. The monoisotopic (exact) mass is 338 g/mol. The van der Waals surface area contributed by atoms with Crippen molar-refractivity contribution < 1.29 is 4.79 Å². The van der Waals surface area contributed by atoms with Gasteiger partial charge in [0.15, 0.2) is 5.82 Å². The molecule has 7 nitrogen and oxygen atoms in total. The first kappa shape index (κ1) is 17.0. The first-order valence-corrected chi connectivity index (χ1v) is 8.23. The van der Waals surface area contributed by atoms with E-state index in [4.69, 9.17) is 5.73 Å². The van der Waals surface area contributed by atoms with Crippen molar-refractivity contribution in [2.75, 3.05) is 5.32 Å². The minimum absolute atomic E-state index is 0.109. The first-order chi connectivity index (χ1) is 12.0. The SMILES string of the molecule is Cc1c(CN)c(NC(=O)C(C)Cc2cnc3ccccc3n2)nn1C. The van der Waals surface area contributed by atoms with Crippen LogP contribution in [-0.2, 0) is 24.8 Å². The Morgan fingerprint density at radius 1 is 1.32 bits per heavy atom. The molecule has 0 aliphatic heterocycles. The van der Waals surface area contributed by atoms with Gasteiger partial charge in [-0.25, -0.2) is 4.98 Å². The van der Waals surface area contributed by atoms with Crippen LogP contribution in [-0.4, -0.2) is 25.7 Å². The summed E-state index contributed by atoms with van der Waals surface area (Å²) >= 11 is 0. The van der Waals surface area contributed by atoms with Crippen LogP contribution in [0, 0.1) is 12.8 Å². The third-order valence-corrected chi connectivity index (χ3v) is 4.37. The maximum Gasteiger partial charge on any atom is 0.228 e. The number of carbonyl (C=O) groups excluding carboxylic acids is 1. The molecule has 0 spiro atoms. The molecule has 0 aliphatic rings. The molecule has 0 bridgehead atoms. The first-order valence-electron chi connectivity index (χ1n) is 8.23. The van der Waals surface area contributed by atoms with Gasteiger partial charge in [0, 0.05) is 43.4 Å². The summed E-state index contributed by atoms with van der Waals surface area (Å²) in [6, 6.07) is 7.69. The summed E-state index contributed by atoms with van der Waals surface area (Å²) < 4.78 is 1.72. The summed E-state index contributed by atoms with van der Waals surface area (Å²) in [5.74, 6) is 0.162. The third-order valence-electron chi connectivity index (χ3n) is 4.37. The summed E-state index contributed by atoms with van der Waals surface area (Å²) in [7, 11) is 1.83. The van der Waals surface area contributed by atoms with Crippen molar-refractivity contribution in [3.05, 3.63) is 47.4 Å². The summed E-state index contributed by atoms with van der Waals surface area (Å²) in [5, 5.41) is 7.21. The van der Waals surface area contributed by atoms with Crippen molar-refractivity contribution in [1.82, 2.24) is 19.7 Å². The predicted molar refractivity (Wildman–Crippen MR) is 96.9 cm³/mol. The topological polar surface area (TPSA) is 98.7 Å². The molecule has 3 N–H and O–H groups in total. The molecule has 3 aromatic rings. The molecule has 2 aromatic heterocycles. The van der Waals surface area contributed by atoms with Crippen LogP contribution in [0.2, 0.25) is 0 Å². The van der Waals surface area contributed by atoms with Crippen molar-refractivity contribution in [2.24, 2.45) is 18.7 Å². The Morgan fingerprint density at radius 3 is 2.76 bits per heavy atom. The number of para-hydroxylation sites is 2. The van der Waals surface area contributed by atoms with Crippen molar-refractivity contribution in [3.8, 4) is 0 Å². The van der Waals surface area contributed by atoms with Crippen molar-refractivity contribution in [1.29, 1.82) is 0 Å². The smallest absolute Gasteiger partial charge is 0.228 e. The molecule has 0 fully saturated rings. The van der Waals surface area contributed by atoms with E-state index < -0.39 is 0 Å². The average Bonchev–Trinajstić information content (AvgIpc) is 2.88. The fourth-order valence-electron chi connectivity index (χ4n) is 2.74. The Kier molecular flexibility index (Phi) is 4.76. The Morgan fingerprint density at radius 2 is 2.04 bits per heavy atom. The fourth-order valence-corrected chi connectivity index (χ4v) is 2.74. The molecule has 0 saturated carbocycles. The van der Waals surface area contributed by atoms with Gasteiger partial charge in [-0.2, -0.15) is 5.10 Å². The van der Waals surface area contributed by atoms with E-state index in [1.165, 1.54) is 0 Å². The van der Waals surface area contributed by atoms with E-state index in [1.807, 2.05) is 45.2 Å². The summed E-state index contributed by atoms with van der Waals surface area (Å²) in [5.41, 5.74) is 10.0. The minimum Gasteiger partial charge on any atom is -0.326 e. The zero-order chi connectivity index (χ0) is 18.0. The molecule has 1 unspecified atom stereocenters. The number of amides is 1. The van der Waals surface area contributed by atoms with Crippen LogP contribution >= 0.6 is 0 Å². The number of hydrogen-bond donors (Lipinski definition) is 2. The van der Waals surface area contributed by atoms with Crippen LogP contribution in [0.5, 0.6) is 0 Å². The normalized spacial score (nSPS) is 12.3. The Hall–Kier alpha value is -2.80. The van der Waals surface area contributed by atoms with Crippen LogP contribution in [0.3, 0.4) is 0 Å². The second-order valence-corrected chi connectivity index (χ2v) is 6.18. The minimum atomic E-state index is -0.261. The van der Waals surface area contributed by atoms with Crippen LogP contribution in [0.25, 0.3) is 11.0 Å². The zero-order valence-electron chi connectivity index (χ0n) is 14.7. The van der Waals surface area contributed by atoms with Gasteiger partial charge in [0.25, 0.3) is 0 Å². The number of anilines is 1. The number of nitrogens with one attached hydrogen (secondary N) is 1. The highest BCUT2D eigenvalue weighted by Gasteiger charge is 2.19. The predicted octanol–water partition coefficient (Wildman–Crippen LogP) is 1.95. The van der Waals surface area contributed by atoms with Crippen molar-refractivity contribution in [2.45, 2.75) is 26.8 Å². The van der Waals surface area contributed by atoms with E-state index in [-0.39, 0.29) is 11.8 Å². The van der Waals surface area contributed by atoms with E-state index in [1.54, 1.807) is 10.9 Å². The third kappa shape index (κ3) is 3.51. The molecular weight excluding hydrogens is 316 g/mol. The van der Waals surface area contributed by atoms with E-state index in [2.05, 4.69) is 20.4 Å². The van der Waals surface area contributed by atoms with Crippen LogP contribution in [0.1, 0.15) is 23.9 Å². The zero-order valence-corrected chi connectivity index (χ0v) is 14.7. The number of rotatable bonds is 5. The lowest BCUT2D eigenvalue weighted by molar-refractivity contribution is -0.119. The molecule has 3 rings (SSSR count). The van der Waals surface area contributed by atoms with Gasteiger partial charge >= 0.3 is 0 Å². The highest BCUT2D eigenvalue weighted by molar-refractivity contribution is 5.92. The van der Waals surface area contributed by atoms with Gasteiger partial charge in [-0.05, 0) is 19.1 Å². The van der Waals surface area contributed by atoms with Crippen LogP contribution in [0.15, 0.2) is 30.5 Å². The molecule has 0 aliphatic carbocycles. The molecular formula is C18H22N6O. The lowest BCUT2D eigenvalue weighted by Gasteiger charge is -2.11. The highest BCUT2D eigenvalue weighted by Crippen LogP contribution is 2.19. The maximum absolute atomic E-state index is 12.5. The number of benzene rings is 1. The number of fused-ring (bicyclic) bond motifs is 1. The molecule has 1 aromatic carbocycles. The molecule has 0 saturated heterocycles. The van der Waals surface area contributed by atoms with Gasteiger partial charge in [0.1, 0.15) is 0 Å². The lowest BCUT2D eigenvalue weighted by atomic mass is 10.0. The maximum atomic E-state index is 12.5. The molecule has 1 amide bonds. The number of nitrogens with zero attached hydrogens (tertiary/aromatic N) is 4. The quantitative estimate of drug-likeness (QED) is 0.741. The molecule has 1 atom stereocenters. The molecule has 7 heteroatoms. The Labute approximate surface area is 146 Å². The number of carbonyl (C=O) groups is 1.